The highest BCUT2D eigenvalue weighted by Gasteiger charge is 2.12. The van der Waals surface area contributed by atoms with Crippen molar-refractivity contribution in [2.24, 2.45) is 0 Å². The Labute approximate surface area is 114 Å². The van der Waals surface area contributed by atoms with Crippen LogP contribution in [0.3, 0.4) is 0 Å². The number of hydrogen-bond acceptors (Lipinski definition) is 4. The quantitative estimate of drug-likeness (QED) is 0.565. The third-order valence-electron chi connectivity index (χ3n) is 2.72. The van der Waals surface area contributed by atoms with Crippen LogP contribution in [0.25, 0.3) is 0 Å². The van der Waals surface area contributed by atoms with E-state index < -0.39 is 0 Å². The minimum absolute atomic E-state index is 0.548. The zero-order chi connectivity index (χ0) is 13.5. The normalized spacial score (nSPS) is 10.7. The molecule has 1 aromatic heterocycles. The maximum atomic E-state index is 6.15. The Morgan fingerprint density at radius 1 is 1.28 bits per heavy atom. The number of ether oxygens (including phenoxy) is 1. The van der Waals surface area contributed by atoms with Crippen molar-refractivity contribution in [1.29, 1.82) is 0 Å². The molecule has 1 rings (SSSR count). The van der Waals surface area contributed by atoms with Crippen LogP contribution in [-0.4, -0.2) is 36.8 Å². The van der Waals surface area contributed by atoms with Gasteiger partial charge in [0.25, 0.3) is 0 Å². The van der Waals surface area contributed by atoms with E-state index in [1.165, 1.54) is 0 Å². The van der Waals surface area contributed by atoms with Crippen molar-refractivity contribution in [3.8, 4) is 0 Å². The maximum absolute atomic E-state index is 6.15. The van der Waals surface area contributed by atoms with Crippen LogP contribution in [-0.2, 0) is 11.2 Å². The van der Waals surface area contributed by atoms with Crippen molar-refractivity contribution in [2.75, 3.05) is 31.7 Å². The van der Waals surface area contributed by atoms with Crippen LogP contribution in [0.5, 0.6) is 0 Å². The summed E-state index contributed by atoms with van der Waals surface area (Å²) in [7, 11) is 2.00. The smallest absolute Gasteiger partial charge is 0.137 e. The van der Waals surface area contributed by atoms with Crippen molar-refractivity contribution in [3.63, 3.8) is 0 Å². The van der Waals surface area contributed by atoms with Gasteiger partial charge in [0, 0.05) is 32.2 Å². The molecule has 0 spiro atoms. The molecule has 0 saturated carbocycles. The number of aryl methyl sites for hydroxylation is 1. The van der Waals surface area contributed by atoms with Gasteiger partial charge in [-0.2, -0.15) is 0 Å². The summed E-state index contributed by atoms with van der Waals surface area (Å²) in [4.78, 5) is 10.9. The van der Waals surface area contributed by atoms with E-state index in [0.717, 1.165) is 43.2 Å². The average Bonchev–Trinajstić information content (AvgIpc) is 2.34. The summed E-state index contributed by atoms with van der Waals surface area (Å²) in [5, 5.41) is 0.548. The molecule has 1 aromatic rings. The lowest BCUT2D eigenvalue weighted by atomic mass is 10.3. The standard InChI is InChI=1S/C13H22ClN3O/c1-5-7-11-15-12(14)10(3)13(16-11)17(4)8-9-18-6-2/h5-9H2,1-4H3. The molecular formula is C13H22ClN3O. The Balaban J connectivity index is 2.84. The van der Waals surface area contributed by atoms with Crippen LogP contribution < -0.4 is 4.90 Å². The molecule has 0 radical (unpaired) electrons. The molecule has 5 heteroatoms. The van der Waals surface area contributed by atoms with E-state index in [9.17, 15) is 0 Å². The van der Waals surface area contributed by atoms with Gasteiger partial charge in [-0.15, -0.1) is 0 Å². The highest BCUT2D eigenvalue weighted by molar-refractivity contribution is 6.30. The fourth-order valence-electron chi connectivity index (χ4n) is 1.68. The first-order chi connectivity index (χ1) is 8.60. The fraction of sp³-hybridized carbons (Fsp3) is 0.692. The highest BCUT2D eigenvalue weighted by Crippen LogP contribution is 2.22. The summed E-state index contributed by atoms with van der Waals surface area (Å²) in [6, 6.07) is 0. The van der Waals surface area contributed by atoms with Crippen molar-refractivity contribution in [2.45, 2.75) is 33.6 Å². The summed E-state index contributed by atoms with van der Waals surface area (Å²) >= 11 is 6.15. The van der Waals surface area contributed by atoms with E-state index in [2.05, 4.69) is 21.8 Å². The summed E-state index contributed by atoms with van der Waals surface area (Å²) in [6.45, 7) is 8.27. The van der Waals surface area contributed by atoms with Crippen molar-refractivity contribution in [3.05, 3.63) is 16.5 Å². The first-order valence-corrected chi connectivity index (χ1v) is 6.79. The molecule has 0 unspecified atom stereocenters. The van der Waals surface area contributed by atoms with Gasteiger partial charge in [-0.3, -0.25) is 0 Å². The second-order valence-corrected chi connectivity index (χ2v) is 4.61. The van der Waals surface area contributed by atoms with Crippen LogP contribution in [0.1, 0.15) is 31.7 Å². The summed E-state index contributed by atoms with van der Waals surface area (Å²) in [5.74, 6) is 1.71. The fourth-order valence-corrected chi connectivity index (χ4v) is 1.86. The molecule has 0 atom stereocenters. The van der Waals surface area contributed by atoms with E-state index in [4.69, 9.17) is 16.3 Å². The van der Waals surface area contributed by atoms with Crippen LogP contribution in [0.15, 0.2) is 0 Å². The molecule has 0 N–H and O–H groups in total. The first kappa shape index (κ1) is 15.2. The molecule has 0 fully saturated rings. The predicted octanol–water partition coefficient (Wildman–Crippen LogP) is 2.86. The molecule has 4 nitrogen and oxygen atoms in total. The van der Waals surface area contributed by atoms with E-state index in [-0.39, 0.29) is 0 Å². The molecule has 0 aromatic carbocycles. The van der Waals surface area contributed by atoms with Gasteiger partial charge >= 0.3 is 0 Å². The van der Waals surface area contributed by atoms with Crippen LogP contribution in [0.2, 0.25) is 5.15 Å². The second kappa shape index (κ2) is 7.54. The molecule has 0 bridgehead atoms. The van der Waals surface area contributed by atoms with Gasteiger partial charge < -0.3 is 9.64 Å². The monoisotopic (exact) mass is 271 g/mol. The number of likely N-dealkylation sites (N-methyl/N-ethyl adjacent to an activating group) is 1. The number of aromatic nitrogens is 2. The third kappa shape index (κ3) is 4.10. The van der Waals surface area contributed by atoms with Gasteiger partial charge in [-0.25, -0.2) is 9.97 Å². The van der Waals surface area contributed by atoms with Gasteiger partial charge in [0.2, 0.25) is 0 Å². The van der Waals surface area contributed by atoms with Crippen molar-refractivity contribution < 1.29 is 4.74 Å². The minimum Gasteiger partial charge on any atom is -0.380 e. The lowest BCUT2D eigenvalue weighted by Gasteiger charge is -2.21. The van der Waals surface area contributed by atoms with E-state index in [1.807, 2.05) is 20.9 Å². The zero-order valence-electron chi connectivity index (χ0n) is 11.7. The third-order valence-corrected chi connectivity index (χ3v) is 3.09. The largest absolute Gasteiger partial charge is 0.380 e. The van der Waals surface area contributed by atoms with Crippen molar-refractivity contribution in [1.82, 2.24) is 9.97 Å². The van der Waals surface area contributed by atoms with E-state index in [0.29, 0.717) is 11.8 Å². The lowest BCUT2D eigenvalue weighted by Crippen LogP contribution is -2.25. The molecule has 18 heavy (non-hydrogen) atoms. The van der Waals surface area contributed by atoms with Crippen molar-refractivity contribution >= 4 is 17.4 Å². The SMILES string of the molecule is CCCc1nc(Cl)c(C)c(N(C)CCOCC)n1. The molecule has 0 amide bonds. The molecule has 0 aliphatic rings. The zero-order valence-corrected chi connectivity index (χ0v) is 12.4. The number of hydrogen-bond donors (Lipinski definition) is 0. The molecule has 1 heterocycles. The number of halogens is 1. The molecule has 0 aliphatic carbocycles. The topological polar surface area (TPSA) is 38.2 Å². The number of anilines is 1. The van der Waals surface area contributed by atoms with Gasteiger partial charge in [-0.1, -0.05) is 18.5 Å². The van der Waals surface area contributed by atoms with E-state index in [1.54, 1.807) is 0 Å². The van der Waals surface area contributed by atoms with Gasteiger partial charge in [0.1, 0.15) is 16.8 Å². The molecule has 0 saturated heterocycles. The Morgan fingerprint density at radius 2 is 2.00 bits per heavy atom. The Hall–Kier alpha value is -0.870. The minimum atomic E-state index is 0.548. The summed E-state index contributed by atoms with van der Waals surface area (Å²) in [5.41, 5.74) is 0.926. The molecule has 102 valence electrons. The highest BCUT2D eigenvalue weighted by atomic mass is 35.5. The van der Waals surface area contributed by atoms with Crippen LogP contribution in [0, 0.1) is 6.92 Å². The average molecular weight is 272 g/mol. The van der Waals surface area contributed by atoms with Gasteiger partial charge in [0.05, 0.1) is 6.61 Å². The lowest BCUT2D eigenvalue weighted by molar-refractivity contribution is 0.154. The number of nitrogens with zero attached hydrogens (tertiary/aromatic N) is 3. The molecule has 0 aliphatic heterocycles. The Bertz CT molecular complexity index is 385. The number of rotatable bonds is 7. The maximum Gasteiger partial charge on any atom is 0.137 e. The summed E-state index contributed by atoms with van der Waals surface area (Å²) in [6.07, 6.45) is 1.87. The van der Waals surface area contributed by atoms with Gasteiger partial charge in [-0.05, 0) is 20.3 Å². The Morgan fingerprint density at radius 3 is 2.61 bits per heavy atom. The van der Waals surface area contributed by atoms with Gasteiger partial charge in [0.15, 0.2) is 0 Å². The first-order valence-electron chi connectivity index (χ1n) is 6.42. The molecular weight excluding hydrogens is 250 g/mol. The van der Waals surface area contributed by atoms with E-state index >= 15 is 0 Å². The predicted molar refractivity (Wildman–Crippen MR) is 75.5 cm³/mol. The Kier molecular flexibility index (Phi) is 6.36. The van der Waals surface area contributed by atoms with Crippen LogP contribution >= 0.6 is 11.6 Å². The second-order valence-electron chi connectivity index (χ2n) is 4.25. The summed E-state index contributed by atoms with van der Waals surface area (Å²) < 4.78 is 5.36. The van der Waals surface area contributed by atoms with Crippen LogP contribution in [0.4, 0.5) is 5.82 Å².